The van der Waals surface area contributed by atoms with E-state index in [9.17, 15) is 8.42 Å². The van der Waals surface area contributed by atoms with Gasteiger partial charge in [0.15, 0.2) is 0 Å². The fraction of sp³-hybridized carbons (Fsp3) is 0.500. The second-order valence-electron chi connectivity index (χ2n) is 5.43. The van der Waals surface area contributed by atoms with Crippen molar-refractivity contribution in [2.75, 3.05) is 12.3 Å². The van der Waals surface area contributed by atoms with Gasteiger partial charge in [-0.2, -0.15) is 0 Å². The summed E-state index contributed by atoms with van der Waals surface area (Å²) >= 11 is 5.89. The minimum absolute atomic E-state index is 0.0441. The number of rotatable bonds is 4. The molecular weight excluding hydrogens is 272 g/mol. The fourth-order valence-electron chi connectivity index (χ4n) is 1.94. The first-order valence-electron chi connectivity index (χ1n) is 5.77. The van der Waals surface area contributed by atoms with Gasteiger partial charge in [0.25, 0.3) is 0 Å². The van der Waals surface area contributed by atoms with Gasteiger partial charge in [-0.15, -0.1) is 0 Å². The van der Waals surface area contributed by atoms with Crippen molar-refractivity contribution in [1.82, 2.24) is 4.72 Å². The quantitative estimate of drug-likeness (QED) is 0.835. The highest BCUT2D eigenvalue weighted by Gasteiger charge is 2.45. The van der Waals surface area contributed by atoms with Gasteiger partial charge in [-0.25, -0.2) is 13.1 Å². The first kappa shape index (κ1) is 13.6. The molecule has 0 radical (unpaired) electrons. The number of benzene rings is 1. The van der Waals surface area contributed by atoms with Crippen LogP contribution in [0, 0.1) is 11.3 Å². The lowest BCUT2D eigenvalue weighted by Crippen LogP contribution is -2.27. The summed E-state index contributed by atoms with van der Waals surface area (Å²) in [6.07, 6.45) is 1.04. The van der Waals surface area contributed by atoms with Crippen molar-refractivity contribution in [3.8, 4) is 0 Å². The summed E-state index contributed by atoms with van der Waals surface area (Å²) in [7, 11) is -3.58. The van der Waals surface area contributed by atoms with Gasteiger partial charge in [0, 0.05) is 12.2 Å². The van der Waals surface area contributed by atoms with E-state index < -0.39 is 10.0 Å². The van der Waals surface area contributed by atoms with Crippen LogP contribution in [0.15, 0.2) is 23.1 Å². The third kappa shape index (κ3) is 2.79. The third-order valence-corrected chi connectivity index (χ3v) is 5.39. The van der Waals surface area contributed by atoms with E-state index in [0.717, 1.165) is 6.42 Å². The van der Waals surface area contributed by atoms with Crippen LogP contribution in [-0.2, 0) is 10.0 Å². The summed E-state index contributed by atoms with van der Waals surface area (Å²) in [5.41, 5.74) is 6.20. The molecule has 1 aliphatic rings. The summed E-state index contributed by atoms with van der Waals surface area (Å²) in [4.78, 5) is 0.0441. The highest BCUT2D eigenvalue weighted by Crippen LogP contribution is 2.51. The SMILES string of the molecule is CC1(C)CC1CNS(=O)(=O)c1cc(N)ccc1Cl. The van der Waals surface area contributed by atoms with Crippen LogP contribution in [0.3, 0.4) is 0 Å². The molecule has 18 heavy (non-hydrogen) atoms. The Kier molecular flexibility index (Phi) is 3.34. The Morgan fingerprint density at radius 1 is 1.50 bits per heavy atom. The molecule has 4 nitrogen and oxygen atoms in total. The largest absolute Gasteiger partial charge is 0.399 e. The molecule has 0 aromatic heterocycles. The van der Waals surface area contributed by atoms with Crippen LogP contribution >= 0.6 is 11.6 Å². The van der Waals surface area contributed by atoms with E-state index in [2.05, 4.69) is 18.6 Å². The van der Waals surface area contributed by atoms with Gasteiger partial charge in [-0.05, 0) is 36.0 Å². The Hall–Kier alpha value is -0.780. The van der Waals surface area contributed by atoms with E-state index in [1.54, 1.807) is 6.07 Å². The molecule has 3 N–H and O–H groups in total. The molecular formula is C12H17ClN2O2S. The number of nitrogen functional groups attached to an aromatic ring is 1. The molecule has 1 saturated carbocycles. The van der Waals surface area contributed by atoms with Crippen molar-refractivity contribution in [3.05, 3.63) is 23.2 Å². The van der Waals surface area contributed by atoms with Gasteiger partial charge in [0.2, 0.25) is 10.0 Å². The van der Waals surface area contributed by atoms with E-state index in [0.29, 0.717) is 18.2 Å². The van der Waals surface area contributed by atoms with Crippen LogP contribution < -0.4 is 10.5 Å². The number of nitrogens with one attached hydrogen (secondary N) is 1. The van der Waals surface area contributed by atoms with E-state index in [4.69, 9.17) is 17.3 Å². The van der Waals surface area contributed by atoms with Crippen LogP contribution in [-0.4, -0.2) is 15.0 Å². The molecule has 1 aliphatic carbocycles. The zero-order valence-electron chi connectivity index (χ0n) is 10.4. The summed E-state index contributed by atoms with van der Waals surface area (Å²) < 4.78 is 26.8. The van der Waals surface area contributed by atoms with E-state index >= 15 is 0 Å². The topological polar surface area (TPSA) is 72.2 Å². The van der Waals surface area contributed by atoms with E-state index in [-0.39, 0.29) is 15.3 Å². The van der Waals surface area contributed by atoms with Crippen LogP contribution in [0.25, 0.3) is 0 Å². The van der Waals surface area contributed by atoms with Crippen LogP contribution in [0.1, 0.15) is 20.3 Å². The smallest absolute Gasteiger partial charge is 0.242 e. The van der Waals surface area contributed by atoms with Crippen molar-refractivity contribution in [2.24, 2.45) is 11.3 Å². The predicted octanol–water partition coefficient (Wildman–Crippen LogP) is 2.25. The molecule has 1 aromatic carbocycles. The molecule has 0 heterocycles. The number of nitrogens with two attached hydrogens (primary N) is 1. The lowest BCUT2D eigenvalue weighted by Gasteiger charge is -2.09. The van der Waals surface area contributed by atoms with Gasteiger partial charge in [0.1, 0.15) is 4.90 Å². The van der Waals surface area contributed by atoms with Crippen molar-refractivity contribution in [1.29, 1.82) is 0 Å². The maximum absolute atomic E-state index is 12.1. The normalized spacial score (nSPS) is 21.8. The van der Waals surface area contributed by atoms with Gasteiger partial charge in [-0.1, -0.05) is 25.4 Å². The maximum Gasteiger partial charge on any atom is 0.242 e. The second-order valence-corrected chi connectivity index (χ2v) is 7.57. The summed E-state index contributed by atoms with van der Waals surface area (Å²) in [6.45, 7) is 4.69. The van der Waals surface area contributed by atoms with E-state index in [1.165, 1.54) is 12.1 Å². The van der Waals surface area contributed by atoms with Gasteiger partial charge in [-0.3, -0.25) is 0 Å². The first-order chi connectivity index (χ1) is 8.22. The maximum atomic E-state index is 12.1. The van der Waals surface area contributed by atoms with Gasteiger partial charge < -0.3 is 5.73 Å². The molecule has 0 saturated heterocycles. The third-order valence-electron chi connectivity index (χ3n) is 3.48. The van der Waals surface area contributed by atoms with Crippen LogP contribution in [0.2, 0.25) is 5.02 Å². The molecule has 0 spiro atoms. The number of hydrogen-bond donors (Lipinski definition) is 2. The van der Waals surface area contributed by atoms with Crippen molar-refractivity contribution < 1.29 is 8.42 Å². The monoisotopic (exact) mass is 288 g/mol. The average Bonchev–Trinajstić information content (AvgIpc) is 2.87. The number of halogens is 1. The Morgan fingerprint density at radius 2 is 2.11 bits per heavy atom. The lowest BCUT2D eigenvalue weighted by molar-refractivity contribution is 0.537. The van der Waals surface area contributed by atoms with Crippen LogP contribution in [0.4, 0.5) is 5.69 Å². The van der Waals surface area contributed by atoms with E-state index in [1.807, 2.05) is 0 Å². The molecule has 1 fully saturated rings. The highest BCUT2D eigenvalue weighted by atomic mass is 35.5. The minimum Gasteiger partial charge on any atom is -0.399 e. The Morgan fingerprint density at radius 3 is 2.67 bits per heavy atom. The second kappa shape index (κ2) is 4.40. The lowest BCUT2D eigenvalue weighted by atomic mass is 10.1. The Bertz CT molecular complexity index is 569. The molecule has 0 amide bonds. The fourth-order valence-corrected chi connectivity index (χ4v) is 3.55. The summed E-state index contributed by atoms with van der Waals surface area (Å²) in [5.74, 6) is 0.395. The van der Waals surface area contributed by atoms with Crippen molar-refractivity contribution in [3.63, 3.8) is 0 Å². The van der Waals surface area contributed by atoms with Crippen molar-refractivity contribution >= 4 is 27.3 Å². The Balaban J connectivity index is 2.13. The number of anilines is 1. The summed E-state index contributed by atoms with van der Waals surface area (Å²) in [6, 6.07) is 4.45. The minimum atomic E-state index is -3.58. The number of hydrogen-bond acceptors (Lipinski definition) is 3. The molecule has 1 atom stereocenters. The molecule has 1 unspecified atom stereocenters. The van der Waals surface area contributed by atoms with Crippen LogP contribution in [0.5, 0.6) is 0 Å². The zero-order valence-corrected chi connectivity index (χ0v) is 12.0. The molecule has 2 rings (SSSR count). The van der Waals surface area contributed by atoms with Gasteiger partial charge >= 0.3 is 0 Å². The average molecular weight is 289 g/mol. The predicted molar refractivity (Wildman–Crippen MR) is 72.9 cm³/mol. The molecule has 0 aliphatic heterocycles. The zero-order chi connectivity index (χ0) is 13.6. The molecule has 0 bridgehead atoms. The first-order valence-corrected chi connectivity index (χ1v) is 7.63. The van der Waals surface area contributed by atoms with Crippen molar-refractivity contribution in [2.45, 2.75) is 25.2 Å². The molecule has 100 valence electrons. The molecule has 6 heteroatoms. The molecule has 1 aromatic rings. The Labute approximate surface area is 113 Å². The standard InChI is InChI=1S/C12H17ClN2O2S/c1-12(2)6-8(12)7-15-18(16,17)11-5-9(14)3-4-10(11)13/h3-5,8,15H,6-7,14H2,1-2H3. The summed E-state index contributed by atoms with van der Waals surface area (Å²) in [5, 5.41) is 0.187. The number of sulfonamides is 1. The van der Waals surface area contributed by atoms with Gasteiger partial charge in [0.05, 0.1) is 5.02 Å². The highest BCUT2D eigenvalue weighted by molar-refractivity contribution is 7.89.